The highest BCUT2D eigenvalue weighted by atomic mass is 16.7. The van der Waals surface area contributed by atoms with Crippen LogP contribution in [0.5, 0.6) is 0 Å². The maximum atomic E-state index is 14.1. The molecule has 4 N–H and O–H groups in total. The van der Waals surface area contributed by atoms with Gasteiger partial charge in [0, 0.05) is 30.1 Å². The molecule has 9 nitrogen and oxygen atoms in total. The van der Waals surface area contributed by atoms with Gasteiger partial charge in [0.1, 0.15) is 12.1 Å². The first-order valence-corrected chi connectivity index (χ1v) is 16.1. The van der Waals surface area contributed by atoms with Crippen LogP contribution in [-0.2, 0) is 16.2 Å². The summed E-state index contributed by atoms with van der Waals surface area (Å²) in [4.78, 5) is 35.0. The van der Waals surface area contributed by atoms with Crippen LogP contribution in [0.15, 0.2) is 48.5 Å². The summed E-state index contributed by atoms with van der Waals surface area (Å²) in [6, 6.07) is 14.8. The molecule has 9 atom stereocenters. The topological polar surface area (TPSA) is 114 Å². The molecule has 2 aromatic rings. The SMILES string of the molecule is C[C@H](O)[C@@H]1[C@H](CO)ON(Cc2cccc(-c3cccc(C(=O)NCCN(C)C)c3)c2)[C@@H]1C(=O)N[C@@]12C[C@H]3C1[C@@H]([C@@H]2C)C3(C)C. The summed E-state index contributed by atoms with van der Waals surface area (Å²) >= 11 is 0. The third kappa shape index (κ3) is 4.97. The zero-order valence-electron chi connectivity index (χ0n) is 26.8. The number of carbonyl (C=O) groups is 2. The molecule has 0 aromatic heterocycles. The Labute approximate surface area is 260 Å². The molecule has 1 aliphatic heterocycles. The Morgan fingerprint density at radius 3 is 2.45 bits per heavy atom. The molecule has 2 amide bonds. The number of benzene rings is 2. The molecule has 3 aliphatic carbocycles. The maximum absolute atomic E-state index is 14.1. The zero-order valence-corrected chi connectivity index (χ0v) is 26.8. The van der Waals surface area contributed by atoms with Gasteiger partial charge in [-0.3, -0.25) is 14.4 Å². The molecular formula is C35H48N4O5. The van der Waals surface area contributed by atoms with E-state index in [0.717, 1.165) is 29.7 Å². The Morgan fingerprint density at radius 1 is 1.11 bits per heavy atom. The van der Waals surface area contributed by atoms with E-state index in [2.05, 4.69) is 31.4 Å². The molecule has 0 bridgehead atoms. The van der Waals surface area contributed by atoms with Crippen molar-refractivity contribution in [2.45, 2.75) is 64.4 Å². The number of likely N-dealkylation sites (N-methyl/N-ethyl adjacent to an activating group) is 1. The summed E-state index contributed by atoms with van der Waals surface area (Å²) in [5.74, 6) is 1.43. The van der Waals surface area contributed by atoms with Crippen molar-refractivity contribution in [2.24, 2.45) is 35.0 Å². The van der Waals surface area contributed by atoms with E-state index in [-0.39, 0.29) is 24.0 Å². The van der Waals surface area contributed by atoms with Crippen LogP contribution in [0.2, 0.25) is 0 Å². The van der Waals surface area contributed by atoms with Gasteiger partial charge in [0.15, 0.2) is 0 Å². The first-order chi connectivity index (χ1) is 20.9. The number of aliphatic hydroxyl groups is 2. The van der Waals surface area contributed by atoms with Gasteiger partial charge in [0.25, 0.3) is 5.91 Å². The van der Waals surface area contributed by atoms with Gasteiger partial charge in [0.05, 0.1) is 19.3 Å². The van der Waals surface area contributed by atoms with Crippen molar-refractivity contribution in [1.82, 2.24) is 20.6 Å². The number of amides is 2. The van der Waals surface area contributed by atoms with Crippen molar-refractivity contribution >= 4 is 11.8 Å². The predicted octanol–water partition coefficient (Wildman–Crippen LogP) is 2.92. The highest BCUT2D eigenvalue weighted by Gasteiger charge is 2.83. The van der Waals surface area contributed by atoms with E-state index in [1.54, 1.807) is 12.0 Å². The summed E-state index contributed by atoms with van der Waals surface area (Å²) < 4.78 is 0. The smallest absolute Gasteiger partial charge is 0.251 e. The van der Waals surface area contributed by atoms with Gasteiger partial charge >= 0.3 is 0 Å². The Morgan fingerprint density at radius 2 is 1.82 bits per heavy atom. The van der Waals surface area contributed by atoms with Gasteiger partial charge in [0.2, 0.25) is 5.91 Å². The molecular weight excluding hydrogens is 556 g/mol. The van der Waals surface area contributed by atoms with E-state index >= 15 is 0 Å². The largest absolute Gasteiger partial charge is 0.394 e. The zero-order chi connectivity index (χ0) is 31.6. The van der Waals surface area contributed by atoms with Crippen molar-refractivity contribution in [1.29, 1.82) is 0 Å². The number of carbonyl (C=O) groups excluding carboxylic acids is 2. The molecule has 3 saturated carbocycles. The Kier molecular flexibility index (Phi) is 8.16. The Balaban J connectivity index is 1.19. The fourth-order valence-corrected chi connectivity index (χ4v) is 9.15. The van der Waals surface area contributed by atoms with Crippen molar-refractivity contribution < 1.29 is 24.6 Å². The quantitative estimate of drug-likeness (QED) is 0.312. The number of hydrogen-bond donors (Lipinski definition) is 4. The van der Waals surface area contributed by atoms with Gasteiger partial charge in [-0.1, -0.05) is 51.1 Å². The molecule has 2 aromatic carbocycles. The van der Waals surface area contributed by atoms with Gasteiger partial charge in [-0.15, -0.1) is 0 Å². The van der Waals surface area contributed by atoms with Gasteiger partial charge in [-0.25, -0.2) is 0 Å². The molecule has 0 radical (unpaired) electrons. The number of hydroxylamine groups is 2. The molecule has 1 heterocycles. The minimum absolute atomic E-state index is 0.113. The summed E-state index contributed by atoms with van der Waals surface area (Å²) in [7, 11) is 3.94. The summed E-state index contributed by atoms with van der Waals surface area (Å²) in [6.07, 6.45) is -0.525. The lowest BCUT2D eigenvalue weighted by Crippen LogP contribution is -2.90. The second-order valence-corrected chi connectivity index (χ2v) is 14.5. The molecule has 4 fully saturated rings. The Hall–Kier alpha value is -2.82. The van der Waals surface area contributed by atoms with E-state index in [0.29, 0.717) is 47.7 Å². The lowest BCUT2D eigenvalue weighted by atomic mass is 9.21. The molecule has 9 heteroatoms. The fraction of sp³-hybridized carbons (Fsp3) is 0.600. The minimum Gasteiger partial charge on any atom is -0.394 e. The van der Waals surface area contributed by atoms with Crippen LogP contribution in [0.1, 0.15) is 50.0 Å². The van der Waals surface area contributed by atoms with Crippen LogP contribution in [-0.4, -0.2) is 89.6 Å². The van der Waals surface area contributed by atoms with E-state index in [4.69, 9.17) is 4.84 Å². The van der Waals surface area contributed by atoms with Crippen LogP contribution in [0, 0.1) is 35.0 Å². The van der Waals surface area contributed by atoms with Crippen LogP contribution < -0.4 is 10.6 Å². The standard InChI is InChI=1S/C35H48N4O5/c1-20-29-30-26(34(29,3)4)17-35(20,30)37-33(43)31-28(21(2)41)27(19-40)44-39(31)18-22-9-7-10-23(15-22)24-11-8-12-25(16-24)32(42)36-13-14-38(5)6/h7-12,15-16,20-21,26-31,40-41H,13-14,17-19H2,1-6H3,(H,36,42)(H,37,43)/t20-,21-,26-,27-,28+,29+,30?,31-,35+/m0/s1. The third-order valence-electron chi connectivity index (χ3n) is 11.4. The lowest BCUT2D eigenvalue weighted by molar-refractivity contribution is -0.349. The fourth-order valence-electron chi connectivity index (χ4n) is 9.15. The maximum Gasteiger partial charge on any atom is 0.251 e. The molecule has 1 saturated heterocycles. The lowest BCUT2D eigenvalue weighted by Gasteiger charge is -2.86. The van der Waals surface area contributed by atoms with E-state index in [1.807, 2.05) is 67.5 Å². The number of aliphatic hydroxyl groups excluding tert-OH is 2. The van der Waals surface area contributed by atoms with Crippen molar-refractivity contribution in [3.8, 4) is 11.1 Å². The van der Waals surface area contributed by atoms with E-state index < -0.39 is 24.2 Å². The molecule has 4 aliphatic rings. The van der Waals surface area contributed by atoms with Crippen molar-refractivity contribution in [3.05, 3.63) is 59.7 Å². The first kappa shape index (κ1) is 31.2. The van der Waals surface area contributed by atoms with Gasteiger partial charge in [-0.05, 0) is 91.4 Å². The summed E-state index contributed by atoms with van der Waals surface area (Å²) in [5, 5.41) is 29.0. The van der Waals surface area contributed by atoms with Gasteiger partial charge in [-0.2, -0.15) is 5.06 Å². The molecule has 0 spiro atoms. The molecule has 1 unspecified atom stereocenters. The van der Waals surface area contributed by atoms with Crippen LogP contribution in [0.3, 0.4) is 0 Å². The van der Waals surface area contributed by atoms with E-state index in [9.17, 15) is 19.8 Å². The highest BCUT2D eigenvalue weighted by molar-refractivity contribution is 5.95. The van der Waals surface area contributed by atoms with Crippen LogP contribution in [0.25, 0.3) is 11.1 Å². The van der Waals surface area contributed by atoms with Crippen molar-refractivity contribution in [2.75, 3.05) is 33.8 Å². The number of nitrogens with one attached hydrogen (secondary N) is 2. The normalized spacial score (nSPS) is 33.9. The number of hydrogen-bond acceptors (Lipinski definition) is 7. The van der Waals surface area contributed by atoms with Crippen molar-refractivity contribution in [3.63, 3.8) is 0 Å². The minimum atomic E-state index is -0.841. The van der Waals surface area contributed by atoms with Crippen LogP contribution in [0.4, 0.5) is 0 Å². The third-order valence-corrected chi connectivity index (χ3v) is 11.4. The average Bonchev–Trinajstić information content (AvgIpc) is 3.35. The number of nitrogens with zero attached hydrogens (tertiary/aromatic N) is 2. The summed E-state index contributed by atoms with van der Waals surface area (Å²) in [6.45, 7) is 9.98. The molecule has 238 valence electrons. The first-order valence-electron chi connectivity index (χ1n) is 16.1. The van der Waals surface area contributed by atoms with E-state index in [1.165, 1.54) is 0 Å². The Bertz CT molecular complexity index is 1400. The monoisotopic (exact) mass is 604 g/mol. The summed E-state index contributed by atoms with van der Waals surface area (Å²) in [5.41, 5.74) is 3.54. The second-order valence-electron chi connectivity index (χ2n) is 14.5. The second kappa shape index (κ2) is 11.5. The molecule has 6 rings (SSSR count). The number of rotatable bonds is 11. The average molecular weight is 605 g/mol. The molecule has 44 heavy (non-hydrogen) atoms. The van der Waals surface area contributed by atoms with Gasteiger partial charge < -0.3 is 25.7 Å². The highest BCUT2D eigenvalue weighted by Crippen LogP contribution is 2.81. The predicted molar refractivity (Wildman–Crippen MR) is 168 cm³/mol. The van der Waals surface area contributed by atoms with Crippen LogP contribution >= 0.6 is 0 Å².